The summed E-state index contributed by atoms with van der Waals surface area (Å²) in [4.78, 5) is 2.48. The lowest BCUT2D eigenvalue weighted by atomic mass is 10.2. The molecule has 5 nitrogen and oxygen atoms in total. The molecule has 1 N–H and O–H groups in total. The summed E-state index contributed by atoms with van der Waals surface area (Å²) >= 11 is 0. The molecule has 0 amide bonds. The molecule has 0 bridgehead atoms. The third-order valence-corrected chi connectivity index (χ3v) is 5.51. The molecule has 0 spiro atoms. The SMILES string of the molecule is Cc1ccc(C#N)cc1S(=O)(=O)NCC(C)N1CCCC1. The normalized spacial score (nSPS) is 17.6. The van der Waals surface area contributed by atoms with Crippen LogP contribution in [0.2, 0.25) is 0 Å². The summed E-state index contributed by atoms with van der Waals surface area (Å²) in [6.07, 6.45) is 2.36. The molecule has 114 valence electrons. The zero-order chi connectivity index (χ0) is 15.5. The Morgan fingerprint density at radius 3 is 2.67 bits per heavy atom. The molecule has 1 aromatic rings. The highest BCUT2D eigenvalue weighted by Crippen LogP contribution is 2.17. The number of sulfonamides is 1. The van der Waals surface area contributed by atoms with Crippen LogP contribution < -0.4 is 4.72 Å². The third-order valence-electron chi connectivity index (χ3n) is 3.94. The fraction of sp³-hybridized carbons (Fsp3) is 0.533. The van der Waals surface area contributed by atoms with Gasteiger partial charge in [0.05, 0.1) is 16.5 Å². The van der Waals surface area contributed by atoms with Crippen molar-refractivity contribution in [3.05, 3.63) is 29.3 Å². The van der Waals surface area contributed by atoms with Gasteiger partial charge < -0.3 is 0 Å². The van der Waals surface area contributed by atoms with E-state index < -0.39 is 10.0 Å². The van der Waals surface area contributed by atoms with E-state index in [0.717, 1.165) is 13.1 Å². The molecule has 1 aliphatic heterocycles. The van der Waals surface area contributed by atoms with Crippen molar-refractivity contribution in [1.82, 2.24) is 9.62 Å². The minimum absolute atomic E-state index is 0.182. The minimum Gasteiger partial charge on any atom is -0.299 e. The molecule has 2 rings (SSSR count). The number of hydrogen-bond donors (Lipinski definition) is 1. The van der Waals surface area contributed by atoms with Gasteiger partial charge in [-0.25, -0.2) is 13.1 Å². The van der Waals surface area contributed by atoms with Crippen molar-refractivity contribution in [1.29, 1.82) is 5.26 Å². The molecule has 21 heavy (non-hydrogen) atoms. The Morgan fingerprint density at radius 2 is 2.05 bits per heavy atom. The van der Waals surface area contributed by atoms with Crippen LogP contribution >= 0.6 is 0 Å². The van der Waals surface area contributed by atoms with Crippen LogP contribution in [0.3, 0.4) is 0 Å². The van der Waals surface area contributed by atoms with E-state index in [1.807, 2.05) is 13.0 Å². The van der Waals surface area contributed by atoms with Gasteiger partial charge >= 0.3 is 0 Å². The highest BCUT2D eigenvalue weighted by Gasteiger charge is 2.22. The Morgan fingerprint density at radius 1 is 1.38 bits per heavy atom. The van der Waals surface area contributed by atoms with E-state index >= 15 is 0 Å². The second kappa shape index (κ2) is 6.56. The lowest BCUT2D eigenvalue weighted by Crippen LogP contribution is -2.40. The van der Waals surface area contributed by atoms with Crippen LogP contribution in [0, 0.1) is 18.3 Å². The summed E-state index contributed by atoms with van der Waals surface area (Å²) in [6, 6.07) is 6.88. The van der Waals surface area contributed by atoms with Crippen molar-refractivity contribution in [2.45, 2.75) is 37.6 Å². The first kappa shape index (κ1) is 16.0. The van der Waals surface area contributed by atoms with Crippen LogP contribution in [-0.2, 0) is 10.0 Å². The molecule has 1 aliphatic rings. The van der Waals surface area contributed by atoms with E-state index in [2.05, 4.69) is 9.62 Å². The summed E-state index contributed by atoms with van der Waals surface area (Å²) in [7, 11) is -3.58. The maximum atomic E-state index is 12.4. The van der Waals surface area contributed by atoms with Crippen molar-refractivity contribution in [2.24, 2.45) is 0 Å². The number of hydrogen-bond acceptors (Lipinski definition) is 4. The number of nitrogens with zero attached hydrogens (tertiary/aromatic N) is 2. The minimum atomic E-state index is -3.58. The van der Waals surface area contributed by atoms with Gasteiger partial charge in [-0.15, -0.1) is 0 Å². The van der Waals surface area contributed by atoms with Crippen molar-refractivity contribution in [2.75, 3.05) is 19.6 Å². The van der Waals surface area contributed by atoms with Gasteiger partial charge in [0.1, 0.15) is 0 Å². The van der Waals surface area contributed by atoms with Gasteiger partial charge in [0.2, 0.25) is 10.0 Å². The molecule has 1 fully saturated rings. The molecule has 1 unspecified atom stereocenters. The smallest absolute Gasteiger partial charge is 0.240 e. The first-order valence-corrected chi connectivity index (χ1v) is 8.67. The third kappa shape index (κ3) is 3.82. The van der Waals surface area contributed by atoms with Crippen LogP contribution in [-0.4, -0.2) is 39.0 Å². The number of benzene rings is 1. The Hall–Kier alpha value is -1.42. The summed E-state index contributed by atoms with van der Waals surface area (Å²) < 4.78 is 27.5. The average Bonchev–Trinajstić information content (AvgIpc) is 2.99. The summed E-state index contributed by atoms with van der Waals surface area (Å²) in [5.41, 5.74) is 1.00. The number of rotatable bonds is 5. The number of aryl methyl sites for hydroxylation is 1. The van der Waals surface area contributed by atoms with Crippen LogP contribution in [0.25, 0.3) is 0 Å². The summed E-state index contributed by atoms with van der Waals surface area (Å²) in [5, 5.41) is 8.91. The maximum absolute atomic E-state index is 12.4. The number of likely N-dealkylation sites (tertiary alicyclic amines) is 1. The van der Waals surface area contributed by atoms with Crippen molar-refractivity contribution >= 4 is 10.0 Å². The van der Waals surface area contributed by atoms with Crippen LogP contribution in [0.5, 0.6) is 0 Å². The number of nitrogens with one attached hydrogen (secondary N) is 1. The van der Waals surface area contributed by atoms with Crippen molar-refractivity contribution in [3.63, 3.8) is 0 Å². The zero-order valence-electron chi connectivity index (χ0n) is 12.5. The van der Waals surface area contributed by atoms with Gasteiger partial charge in [-0.05, 0) is 57.5 Å². The number of nitriles is 1. The Labute approximate surface area is 126 Å². The molecule has 0 aromatic heterocycles. The van der Waals surface area contributed by atoms with Gasteiger partial charge in [-0.2, -0.15) is 5.26 Å². The second-order valence-corrected chi connectivity index (χ2v) is 7.27. The van der Waals surface area contributed by atoms with E-state index in [-0.39, 0.29) is 10.9 Å². The quantitative estimate of drug-likeness (QED) is 0.897. The summed E-state index contributed by atoms with van der Waals surface area (Å²) in [6.45, 7) is 6.22. The standard InChI is InChI=1S/C15H21N3O2S/c1-12-5-6-14(10-16)9-15(12)21(19,20)17-11-13(2)18-7-3-4-8-18/h5-6,9,13,17H,3-4,7-8,11H2,1-2H3. The Kier molecular flexibility index (Phi) is 4.99. The second-order valence-electron chi connectivity index (χ2n) is 5.54. The lowest BCUT2D eigenvalue weighted by molar-refractivity contribution is 0.260. The first-order valence-electron chi connectivity index (χ1n) is 7.18. The first-order chi connectivity index (χ1) is 9.94. The van der Waals surface area contributed by atoms with Crippen molar-refractivity contribution < 1.29 is 8.42 Å². The molecule has 1 aromatic carbocycles. The van der Waals surface area contributed by atoms with Gasteiger partial charge in [-0.3, -0.25) is 4.90 Å². The topological polar surface area (TPSA) is 73.2 Å². The fourth-order valence-electron chi connectivity index (χ4n) is 2.58. The van der Waals surface area contributed by atoms with E-state index in [4.69, 9.17) is 5.26 Å². The molecular weight excluding hydrogens is 286 g/mol. The monoisotopic (exact) mass is 307 g/mol. The highest BCUT2D eigenvalue weighted by molar-refractivity contribution is 7.89. The predicted octanol–water partition coefficient (Wildman–Crippen LogP) is 1.63. The van der Waals surface area contributed by atoms with Crippen LogP contribution in [0.4, 0.5) is 0 Å². The molecule has 0 aliphatic carbocycles. The predicted molar refractivity (Wildman–Crippen MR) is 81.4 cm³/mol. The molecule has 1 atom stereocenters. The highest BCUT2D eigenvalue weighted by atomic mass is 32.2. The van der Waals surface area contributed by atoms with E-state index in [0.29, 0.717) is 17.7 Å². The molecule has 1 saturated heterocycles. The lowest BCUT2D eigenvalue weighted by Gasteiger charge is -2.24. The fourth-order valence-corrected chi connectivity index (χ4v) is 3.97. The zero-order valence-corrected chi connectivity index (χ0v) is 13.3. The molecule has 6 heteroatoms. The van der Waals surface area contributed by atoms with Crippen molar-refractivity contribution in [3.8, 4) is 6.07 Å². The van der Waals surface area contributed by atoms with E-state index in [1.54, 1.807) is 19.1 Å². The van der Waals surface area contributed by atoms with Gasteiger partial charge in [0.15, 0.2) is 0 Å². The molecule has 0 saturated carbocycles. The Bertz CT molecular complexity index is 643. The van der Waals surface area contributed by atoms with Gasteiger partial charge in [0.25, 0.3) is 0 Å². The molecule has 0 radical (unpaired) electrons. The van der Waals surface area contributed by atoms with Gasteiger partial charge in [0, 0.05) is 12.6 Å². The van der Waals surface area contributed by atoms with Crippen LogP contribution in [0.1, 0.15) is 30.9 Å². The Balaban J connectivity index is 2.09. The van der Waals surface area contributed by atoms with Crippen LogP contribution in [0.15, 0.2) is 23.1 Å². The van der Waals surface area contributed by atoms with Gasteiger partial charge in [-0.1, -0.05) is 6.07 Å². The van der Waals surface area contributed by atoms with E-state index in [1.165, 1.54) is 18.9 Å². The molecule has 1 heterocycles. The molecular formula is C15H21N3O2S. The maximum Gasteiger partial charge on any atom is 0.240 e. The average molecular weight is 307 g/mol. The van der Waals surface area contributed by atoms with E-state index in [9.17, 15) is 8.42 Å². The largest absolute Gasteiger partial charge is 0.299 e. The summed E-state index contributed by atoms with van der Waals surface area (Å²) in [5.74, 6) is 0.